The molecule has 1 saturated heterocycles. The lowest BCUT2D eigenvalue weighted by molar-refractivity contribution is -0.142. The fraction of sp³-hybridized carbons (Fsp3) is 0.308. The number of aliphatic carboxylic acids is 1. The summed E-state index contributed by atoms with van der Waals surface area (Å²) in [5.41, 5.74) is 4.69. The largest absolute Gasteiger partial charge is 0.480 e. The van der Waals surface area contributed by atoms with Crippen LogP contribution in [0.3, 0.4) is 0 Å². The average molecular weight is 258 g/mol. The van der Waals surface area contributed by atoms with Crippen molar-refractivity contribution >= 4 is 22.6 Å². The Kier molecular flexibility index (Phi) is 2.60. The molecular weight excluding hydrogens is 244 g/mol. The predicted octanol–water partition coefficient (Wildman–Crippen LogP) is 0.622. The molecule has 0 amide bonds. The lowest BCUT2D eigenvalue weighted by Crippen LogP contribution is -2.50. The first-order chi connectivity index (χ1) is 9.10. The smallest absolute Gasteiger partial charge is 0.325 e. The molecule has 19 heavy (non-hydrogen) atoms. The standard InChI is InChI=1S/C13H14N4O2/c14-13(12(18)19)5-6-17(8-13)11-10-4-2-1-3-9(10)7-15-16-11/h1-4,7H,5-6,8,14H2,(H,18,19). The third-order valence-corrected chi connectivity index (χ3v) is 3.58. The van der Waals surface area contributed by atoms with Gasteiger partial charge in [0.2, 0.25) is 0 Å². The molecule has 2 aromatic rings. The number of benzene rings is 1. The topological polar surface area (TPSA) is 92.3 Å². The Morgan fingerprint density at radius 3 is 2.95 bits per heavy atom. The normalized spacial score (nSPS) is 22.9. The second-order valence-corrected chi connectivity index (χ2v) is 4.89. The van der Waals surface area contributed by atoms with Gasteiger partial charge in [-0.2, -0.15) is 5.10 Å². The molecule has 3 rings (SSSR count). The van der Waals surface area contributed by atoms with E-state index >= 15 is 0 Å². The van der Waals surface area contributed by atoms with Gasteiger partial charge in [0.1, 0.15) is 5.54 Å². The van der Waals surface area contributed by atoms with Crippen LogP contribution in [0.25, 0.3) is 10.8 Å². The molecule has 3 N–H and O–H groups in total. The zero-order valence-corrected chi connectivity index (χ0v) is 10.3. The number of nitrogens with two attached hydrogens (primary N) is 1. The van der Waals surface area contributed by atoms with E-state index in [-0.39, 0.29) is 6.54 Å². The number of carboxylic acids is 1. The van der Waals surface area contributed by atoms with Crippen molar-refractivity contribution in [1.29, 1.82) is 0 Å². The first-order valence-corrected chi connectivity index (χ1v) is 6.08. The Hall–Kier alpha value is -2.21. The van der Waals surface area contributed by atoms with Crippen LogP contribution in [-0.2, 0) is 4.79 Å². The summed E-state index contributed by atoms with van der Waals surface area (Å²) in [7, 11) is 0. The van der Waals surface area contributed by atoms with Crippen molar-refractivity contribution in [2.75, 3.05) is 18.0 Å². The van der Waals surface area contributed by atoms with E-state index in [2.05, 4.69) is 10.2 Å². The number of aromatic nitrogens is 2. The van der Waals surface area contributed by atoms with Gasteiger partial charge >= 0.3 is 5.97 Å². The number of fused-ring (bicyclic) bond motifs is 1. The van der Waals surface area contributed by atoms with Crippen LogP contribution in [0, 0.1) is 0 Å². The Balaban J connectivity index is 2.01. The van der Waals surface area contributed by atoms with Crippen molar-refractivity contribution < 1.29 is 9.90 Å². The molecule has 1 aliphatic heterocycles. The molecule has 6 nitrogen and oxygen atoms in total. The maximum absolute atomic E-state index is 11.2. The van der Waals surface area contributed by atoms with Crippen LogP contribution >= 0.6 is 0 Å². The Labute approximate surface area is 109 Å². The minimum absolute atomic E-state index is 0.255. The molecule has 1 aliphatic rings. The molecule has 0 spiro atoms. The van der Waals surface area contributed by atoms with Gasteiger partial charge in [-0.25, -0.2) is 0 Å². The number of anilines is 1. The van der Waals surface area contributed by atoms with Gasteiger partial charge in [-0.3, -0.25) is 4.79 Å². The van der Waals surface area contributed by atoms with Crippen molar-refractivity contribution in [3.05, 3.63) is 30.5 Å². The first-order valence-electron chi connectivity index (χ1n) is 6.08. The summed E-state index contributed by atoms with van der Waals surface area (Å²) in [6.07, 6.45) is 2.11. The van der Waals surface area contributed by atoms with Gasteiger partial charge in [0.15, 0.2) is 5.82 Å². The lowest BCUT2D eigenvalue weighted by Gasteiger charge is -2.21. The summed E-state index contributed by atoms with van der Waals surface area (Å²) in [5, 5.41) is 19.2. The van der Waals surface area contributed by atoms with Crippen molar-refractivity contribution in [1.82, 2.24) is 10.2 Å². The maximum Gasteiger partial charge on any atom is 0.325 e. The predicted molar refractivity (Wildman–Crippen MR) is 70.9 cm³/mol. The quantitative estimate of drug-likeness (QED) is 0.820. The van der Waals surface area contributed by atoms with E-state index in [4.69, 9.17) is 10.8 Å². The number of nitrogens with zero attached hydrogens (tertiary/aromatic N) is 3. The fourth-order valence-corrected chi connectivity index (χ4v) is 2.43. The zero-order chi connectivity index (χ0) is 13.5. The number of rotatable bonds is 2. The summed E-state index contributed by atoms with van der Waals surface area (Å²) in [4.78, 5) is 13.1. The maximum atomic E-state index is 11.2. The van der Waals surface area contributed by atoms with Crippen LogP contribution < -0.4 is 10.6 Å². The van der Waals surface area contributed by atoms with Gasteiger partial charge in [-0.1, -0.05) is 24.3 Å². The summed E-state index contributed by atoms with van der Waals surface area (Å²) < 4.78 is 0. The molecule has 0 bridgehead atoms. The fourth-order valence-electron chi connectivity index (χ4n) is 2.43. The molecule has 0 radical (unpaired) electrons. The van der Waals surface area contributed by atoms with E-state index in [0.717, 1.165) is 10.8 Å². The second kappa shape index (κ2) is 4.17. The van der Waals surface area contributed by atoms with Crippen molar-refractivity contribution in [3.63, 3.8) is 0 Å². The number of hydrogen-bond donors (Lipinski definition) is 2. The molecule has 1 aromatic carbocycles. The molecular formula is C13H14N4O2. The van der Waals surface area contributed by atoms with Gasteiger partial charge in [0.25, 0.3) is 0 Å². The summed E-state index contributed by atoms with van der Waals surface area (Å²) in [6, 6.07) is 7.77. The van der Waals surface area contributed by atoms with Gasteiger partial charge in [-0.15, -0.1) is 5.10 Å². The molecule has 2 heterocycles. The van der Waals surface area contributed by atoms with Gasteiger partial charge in [-0.05, 0) is 6.42 Å². The average Bonchev–Trinajstić information content (AvgIpc) is 2.82. The third-order valence-electron chi connectivity index (χ3n) is 3.58. The van der Waals surface area contributed by atoms with E-state index < -0.39 is 11.5 Å². The Morgan fingerprint density at radius 1 is 1.42 bits per heavy atom. The minimum atomic E-state index is -1.20. The molecule has 98 valence electrons. The van der Waals surface area contributed by atoms with E-state index in [0.29, 0.717) is 18.8 Å². The Morgan fingerprint density at radius 2 is 2.21 bits per heavy atom. The zero-order valence-electron chi connectivity index (χ0n) is 10.3. The Bertz CT molecular complexity index is 640. The number of carbonyl (C=O) groups is 1. The molecule has 0 saturated carbocycles. The molecule has 6 heteroatoms. The van der Waals surface area contributed by atoms with E-state index in [1.54, 1.807) is 6.20 Å². The van der Waals surface area contributed by atoms with Gasteiger partial charge in [0.05, 0.1) is 6.20 Å². The molecule has 0 aliphatic carbocycles. The number of carboxylic acid groups (broad SMARTS) is 1. The highest BCUT2D eigenvalue weighted by molar-refractivity contribution is 5.92. The highest BCUT2D eigenvalue weighted by atomic mass is 16.4. The SMILES string of the molecule is NC1(C(=O)O)CCN(c2nncc3ccccc23)C1. The summed E-state index contributed by atoms with van der Waals surface area (Å²) in [6.45, 7) is 0.830. The van der Waals surface area contributed by atoms with Crippen molar-refractivity contribution in [3.8, 4) is 0 Å². The van der Waals surface area contributed by atoms with Crippen molar-refractivity contribution in [2.24, 2.45) is 5.73 Å². The summed E-state index contributed by atoms with van der Waals surface area (Å²) in [5.74, 6) is -0.269. The lowest BCUT2D eigenvalue weighted by atomic mass is 10.0. The van der Waals surface area contributed by atoms with Crippen molar-refractivity contribution in [2.45, 2.75) is 12.0 Å². The van der Waals surface area contributed by atoms with Crippen LogP contribution in [0.5, 0.6) is 0 Å². The number of hydrogen-bond acceptors (Lipinski definition) is 5. The van der Waals surface area contributed by atoms with Crippen LogP contribution in [0.2, 0.25) is 0 Å². The van der Waals surface area contributed by atoms with Crippen LogP contribution in [0.1, 0.15) is 6.42 Å². The van der Waals surface area contributed by atoms with Gasteiger partial charge < -0.3 is 15.7 Å². The van der Waals surface area contributed by atoms with E-state index in [1.807, 2.05) is 29.2 Å². The minimum Gasteiger partial charge on any atom is -0.480 e. The van der Waals surface area contributed by atoms with Crippen LogP contribution in [0.4, 0.5) is 5.82 Å². The van der Waals surface area contributed by atoms with Gasteiger partial charge in [0, 0.05) is 23.9 Å². The monoisotopic (exact) mass is 258 g/mol. The molecule has 1 atom stereocenters. The summed E-state index contributed by atoms with van der Waals surface area (Å²) >= 11 is 0. The van der Waals surface area contributed by atoms with E-state index in [9.17, 15) is 4.79 Å². The highest BCUT2D eigenvalue weighted by Gasteiger charge is 2.42. The van der Waals surface area contributed by atoms with Crippen LogP contribution in [-0.4, -0.2) is 39.9 Å². The highest BCUT2D eigenvalue weighted by Crippen LogP contribution is 2.29. The first kappa shape index (κ1) is 11.9. The molecule has 1 unspecified atom stereocenters. The van der Waals surface area contributed by atoms with Crippen LogP contribution in [0.15, 0.2) is 30.5 Å². The molecule has 1 fully saturated rings. The third kappa shape index (κ3) is 1.90. The second-order valence-electron chi connectivity index (χ2n) is 4.89. The molecule has 1 aromatic heterocycles. The van der Waals surface area contributed by atoms with E-state index in [1.165, 1.54) is 0 Å².